The molecule has 2 aliphatic heterocycles. The van der Waals surface area contributed by atoms with Crippen molar-refractivity contribution in [2.75, 3.05) is 52.4 Å². The van der Waals surface area contributed by atoms with Gasteiger partial charge in [-0.15, -0.1) is 0 Å². The molecule has 2 amide bonds. The lowest BCUT2D eigenvalue weighted by molar-refractivity contribution is 0.0939. The molecule has 2 saturated heterocycles. The van der Waals surface area contributed by atoms with Crippen molar-refractivity contribution in [1.82, 2.24) is 30.4 Å². The first-order valence-corrected chi connectivity index (χ1v) is 20.9. The van der Waals surface area contributed by atoms with Gasteiger partial charge in [-0.25, -0.2) is 0 Å². The second-order valence-corrected chi connectivity index (χ2v) is 16.0. The van der Waals surface area contributed by atoms with Crippen LogP contribution in [0.3, 0.4) is 0 Å². The molecular formula is C43H54Cl2N6O2. The number of rotatable bonds is 8. The Kier molecular flexibility index (Phi) is 13.2. The van der Waals surface area contributed by atoms with Gasteiger partial charge in [0.1, 0.15) is 0 Å². The van der Waals surface area contributed by atoms with Gasteiger partial charge < -0.3 is 20.4 Å². The summed E-state index contributed by atoms with van der Waals surface area (Å²) in [4.78, 5) is 39.6. The van der Waals surface area contributed by atoms with Crippen LogP contribution < -0.4 is 10.6 Å². The van der Waals surface area contributed by atoms with E-state index in [9.17, 15) is 9.59 Å². The van der Waals surface area contributed by atoms with E-state index in [0.29, 0.717) is 24.2 Å². The fourth-order valence-electron chi connectivity index (χ4n) is 8.42. The SMILES string of the molecule is O=C(NCCN1CCCCC1)c1ccc2c(Cl)c3c(nc2c1)CCCC3.O=C(NCCN1CCCCCC1)c1ccc2c(Cl)c3c(nc2c1)CCCC3. The van der Waals surface area contributed by atoms with Gasteiger partial charge in [0.05, 0.1) is 21.1 Å². The lowest BCUT2D eigenvalue weighted by Crippen LogP contribution is -2.37. The number of hydrogen-bond acceptors (Lipinski definition) is 6. The van der Waals surface area contributed by atoms with E-state index < -0.39 is 0 Å². The van der Waals surface area contributed by atoms with Crippen LogP contribution >= 0.6 is 23.2 Å². The summed E-state index contributed by atoms with van der Waals surface area (Å²) in [5.74, 6) is -0.0538. The summed E-state index contributed by atoms with van der Waals surface area (Å²) < 4.78 is 0. The van der Waals surface area contributed by atoms with Crippen LogP contribution in [0.1, 0.15) is 114 Å². The first kappa shape index (κ1) is 38.0. The highest BCUT2D eigenvalue weighted by Gasteiger charge is 2.20. The van der Waals surface area contributed by atoms with Gasteiger partial charge in [-0.05, 0) is 139 Å². The zero-order chi connectivity index (χ0) is 36.6. The van der Waals surface area contributed by atoms with Crippen molar-refractivity contribution in [3.63, 3.8) is 0 Å². The number of aryl methyl sites for hydroxylation is 2. The predicted molar refractivity (Wildman–Crippen MR) is 217 cm³/mol. The van der Waals surface area contributed by atoms with Gasteiger partial charge in [0.15, 0.2) is 0 Å². The number of carbonyl (C=O) groups is 2. The first-order chi connectivity index (χ1) is 25.9. The molecule has 0 spiro atoms. The van der Waals surface area contributed by atoms with Gasteiger partial charge in [0.2, 0.25) is 0 Å². The van der Waals surface area contributed by atoms with Gasteiger partial charge in [0.25, 0.3) is 11.8 Å². The topological polar surface area (TPSA) is 90.5 Å². The average Bonchev–Trinajstić information content (AvgIpc) is 3.47. The van der Waals surface area contributed by atoms with E-state index in [-0.39, 0.29) is 11.8 Å². The second kappa shape index (κ2) is 18.4. The number of pyridine rings is 2. The number of nitrogens with one attached hydrogen (secondary N) is 2. The van der Waals surface area contributed by atoms with Crippen LogP contribution in [0.25, 0.3) is 21.8 Å². The normalized spacial score (nSPS) is 18.0. The molecule has 0 bridgehead atoms. The minimum atomic E-state index is -0.0282. The summed E-state index contributed by atoms with van der Waals surface area (Å²) in [5, 5.41) is 9.67. The molecular weight excluding hydrogens is 703 g/mol. The Hall–Kier alpha value is -3.30. The largest absolute Gasteiger partial charge is 0.351 e. The van der Waals surface area contributed by atoms with Crippen molar-refractivity contribution < 1.29 is 9.59 Å². The minimum Gasteiger partial charge on any atom is -0.351 e. The lowest BCUT2D eigenvalue weighted by Gasteiger charge is -2.26. The number of amides is 2. The molecule has 4 heterocycles. The summed E-state index contributed by atoms with van der Waals surface area (Å²) in [7, 11) is 0. The van der Waals surface area contributed by atoms with Gasteiger partial charge in [-0.1, -0.05) is 54.6 Å². The molecule has 0 radical (unpaired) electrons. The molecule has 0 atom stereocenters. The van der Waals surface area contributed by atoms with E-state index in [2.05, 4.69) is 20.4 Å². The summed E-state index contributed by atoms with van der Waals surface area (Å²) in [6.07, 6.45) is 17.8. The molecule has 4 aliphatic rings. The zero-order valence-electron chi connectivity index (χ0n) is 31.1. The molecule has 8 rings (SSSR count). The Bertz CT molecular complexity index is 1920. The number of likely N-dealkylation sites (tertiary alicyclic amines) is 2. The molecule has 2 aromatic heterocycles. The quantitative estimate of drug-likeness (QED) is 0.188. The van der Waals surface area contributed by atoms with E-state index in [1.54, 1.807) is 0 Å². The molecule has 282 valence electrons. The van der Waals surface area contributed by atoms with Crippen molar-refractivity contribution in [3.8, 4) is 0 Å². The van der Waals surface area contributed by atoms with Crippen LogP contribution in [-0.2, 0) is 25.7 Å². The Morgan fingerprint density at radius 3 is 1.38 bits per heavy atom. The van der Waals surface area contributed by atoms with Crippen molar-refractivity contribution >= 4 is 56.8 Å². The Labute approximate surface area is 324 Å². The van der Waals surface area contributed by atoms with Crippen molar-refractivity contribution in [1.29, 1.82) is 0 Å². The fraction of sp³-hybridized carbons (Fsp3) is 0.535. The van der Waals surface area contributed by atoms with Crippen LogP contribution in [0, 0.1) is 0 Å². The number of benzene rings is 2. The number of carbonyl (C=O) groups excluding carboxylic acids is 2. The minimum absolute atomic E-state index is 0.0256. The van der Waals surface area contributed by atoms with Crippen LogP contribution in [0.4, 0.5) is 0 Å². The maximum absolute atomic E-state index is 12.6. The third-order valence-corrected chi connectivity index (χ3v) is 12.3. The summed E-state index contributed by atoms with van der Waals surface area (Å²) in [5.41, 5.74) is 7.61. The van der Waals surface area contributed by atoms with Crippen LogP contribution in [0.5, 0.6) is 0 Å². The van der Waals surface area contributed by atoms with Crippen LogP contribution in [0.15, 0.2) is 36.4 Å². The van der Waals surface area contributed by atoms with Gasteiger partial charge in [-0.2, -0.15) is 0 Å². The molecule has 10 heteroatoms. The van der Waals surface area contributed by atoms with Gasteiger partial charge in [0, 0.05) is 59.5 Å². The van der Waals surface area contributed by atoms with E-state index in [0.717, 1.165) is 108 Å². The highest BCUT2D eigenvalue weighted by Crippen LogP contribution is 2.34. The average molecular weight is 758 g/mol. The molecule has 4 aromatic rings. The summed E-state index contributed by atoms with van der Waals surface area (Å²) >= 11 is 13.2. The van der Waals surface area contributed by atoms with E-state index in [1.165, 1.54) is 81.8 Å². The number of halogens is 2. The van der Waals surface area contributed by atoms with Gasteiger partial charge >= 0.3 is 0 Å². The standard InChI is InChI=1S/C22H28ClN3O.C21H26ClN3O/c23-21-17-7-3-4-8-19(17)25-20-15-16(9-10-18(20)21)22(27)24-11-14-26-12-5-1-2-6-13-26;22-20-16-6-2-3-7-18(16)24-19-14-15(8-9-17(19)20)21(26)23-10-13-25-11-4-1-5-12-25/h9-10,15H,1-8,11-14H2,(H,24,27);8-9,14H,1-7,10-13H2,(H,23,26). The number of nitrogens with zero attached hydrogens (tertiary/aromatic N) is 4. The third-order valence-electron chi connectivity index (χ3n) is 11.5. The molecule has 0 unspecified atom stereocenters. The predicted octanol–water partition coefficient (Wildman–Crippen LogP) is 8.36. The van der Waals surface area contributed by atoms with Crippen molar-refractivity contribution in [3.05, 3.63) is 80.1 Å². The maximum atomic E-state index is 12.6. The number of hydrogen-bond donors (Lipinski definition) is 2. The van der Waals surface area contributed by atoms with Crippen molar-refractivity contribution in [2.45, 2.75) is 96.3 Å². The Balaban J connectivity index is 0.000000164. The zero-order valence-corrected chi connectivity index (χ0v) is 32.6. The maximum Gasteiger partial charge on any atom is 0.251 e. The summed E-state index contributed by atoms with van der Waals surface area (Å²) in [6.45, 7) is 7.84. The Morgan fingerprint density at radius 1 is 0.547 bits per heavy atom. The number of piperidine rings is 1. The third kappa shape index (κ3) is 9.51. The molecule has 2 N–H and O–H groups in total. The highest BCUT2D eigenvalue weighted by molar-refractivity contribution is 6.36. The molecule has 2 aromatic carbocycles. The molecule has 8 nitrogen and oxygen atoms in total. The van der Waals surface area contributed by atoms with Crippen LogP contribution in [-0.4, -0.2) is 83.9 Å². The Morgan fingerprint density at radius 2 is 0.943 bits per heavy atom. The molecule has 2 aliphatic carbocycles. The summed E-state index contributed by atoms with van der Waals surface area (Å²) in [6, 6.07) is 11.4. The monoisotopic (exact) mass is 756 g/mol. The number of aromatic nitrogens is 2. The fourth-order valence-corrected chi connectivity index (χ4v) is 9.15. The van der Waals surface area contributed by atoms with Crippen LogP contribution in [0.2, 0.25) is 10.0 Å². The first-order valence-electron chi connectivity index (χ1n) is 20.2. The van der Waals surface area contributed by atoms with E-state index in [4.69, 9.17) is 33.2 Å². The highest BCUT2D eigenvalue weighted by atomic mass is 35.5. The smallest absolute Gasteiger partial charge is 0.251 e. The van der Waals surface area contributed by atoms with E-state index >= 15 is 0 Å². The number of fused-ring (bicyclic) bond motifs is 4. The van der Waals surface area contributed by atoms with Gasteiger partial charge in [-0.3, -0.25) is 19.6 Å². The molecule has 2 fully saturated rings. The van der Waals surface area contributed by atoms with E-state index in [1.807, 2.05) is 36.4 Å². The molecule has 53 heavy (non-hydrogen) atoms. The lowest BCUT2D eigenvalue weighted by atomic mass is 9.94. The molecule has 0 saturated carbocycles. The second-order valence-electron chi connectivity index (χ2n) is 15.3. The van der Waals surface area contributed by atoms with Crippen molar-refractivity contribution in [2.24, 2.45) is 0 Å².